The van der Waals surface area contributed by atoms with Crippen LogP contribution in [0, 0.1) is 0 Å². The Kier molecular flexibility index (Phi) is 8.95. The number of nitrogens with one attached hydrogen (secondary N) is 1. The maximum absolute atomic E-state index is 5.44. The van der Waals surface area contributed by atoms with E-state index in [0.717, 1.165) is 30.0 Å². The van der Waals surface area contributed by atoms with Crippen LogP contribution < -0.4 is 24.3 Å². The van der Waals surface area contributed by atoms with Gasteiger partial charge >= 0.3 is 0 Å². The number of benzene rings is 2. The summed E-state index contributed by atoms with van der Waals surface area (Å²) in [7, 11) is 6.59. The Balaban J connectivity index is 0.00000312. The maximum Gasteiger partial charge on any atom is 0.164 e. The molecule has 0 unspecified atom stereocenters. The van der Waals surface area contributed by atoms with E-state index in [9.17, 15) is 0 Å². The Morgan fingerprint density at radius 1 is 0.720 bits per heavy atom. The average molecular weight is 368 g/mol. The first-order chi connectivity index (χ1) is 11.7. The normalized spacial score (nSPS) is 9.92. The Hall–Kier alpha value is -2.11. The van der Waals surface area contributed by atoms with Crippen molar-refractivity contribution in [2.24, 2.45) is 0 Å². The molecule has 0 amide bonds. The molecule has 0 aliphatic rings. The molecule has 0 saturated heterocycles. The van der Waals surface area contributed by atoms with Crippen LogP contribution >= 0.6 is 12.4 Å². The summed E-state index contributed by atoms with van der Waals surface area (Å²) in [4.78, 5) is 0. The SMILES string of the molecule is COc1ccccc1CCNCc1cc(OC)c(OC)cc1OC.Cl. The molecule has 138 valence electrons. The zero-order chi connectivity index (χ0) is 17.4. The van der Waals surface area contributed by atoms with Gasteiger partial charge in [0.15, 0.2) is 11.5 Å². The van der Waals surface area contributed by atoms with E-state index in [4.69, 9.17) is 18.9 Å². The smallest absolute Gasteiger partial charge is 0.164 e. The monoisotopic (exact) mass is 367 g/mol. The van der Waals surface area contributed by atoms with Gasteiger partial charge in [-0.1, -0.05) is 18.2 Å². The third-order valence-corrected chi connectivity index (χ3v) is 3.87. The van der Waals surface area contributed by atoms with Crippen LogP contribution in [0.5, 0.6) is 23.0 Å². The zero-order valence-corrected chi connectivity index (χ0v) is 15.9. The Morgan fingerprint density at radius 3 is 1.96 bits per heavy atom. The van der Waals surface area contributed by atoms with E-state index in [1.54, 1.807) is 28.4 Å². The highest BCUT2D eigenvalue weighted by atomic mass is 35.5. The lowest BCUT2D eigenvalue weighted by molar-refractivity contribution is 0.347. The molecule has 5 nitrogen and oxygen atoms in total. The molecule has 2 rings (SSSR count). The van der Waals surface area contributed by atoms with E-state index in [1.165, 1.54) is 5.56 Å². The van der Waals surface area contributed by atoms with Crippen LogP contribution in [0.15, 0.2) is 36.4 Å². The molecule has 0 radical (unpaired) electrons. The summed E-state index contributed by atoms with van der Waals surface area (Å²) in [6.07, 6.45) is 0.889. The summed E-state index contributed by atoms with van der Waals surface area (Å²) in [6.45, 7) is 1.51. The van der Waals surface area contributed by atoms with Crippen molar-refractivity contribution in [2.45, 2.75) is 13.0 Å². The van der Waals surface area contributed by atoms with Crippen molar-refractivity contribution in [3.63, 3.8) is 0 Å². The molecule has 2 aromatic carbocycles. The molecule has 0 saturated carbocycles. The zero-order valence-electron chi connectivity index (χ0n) is 15.1. The number of rotatable bonds is 9. The van der Waals surface area contributed by atoms with Crippen molar-refractivity contribution in [3.8, 4) is 23.0 Å². The number of hydrogen-bond acceptors (Lipinski definition) is 5. The number of hydrogen-bond donors (Lipinski definition) is 1. The lowest BCUT2D eigenvalue weighted by Gasteiger charge is -2.15. The molecule has 0 aliphatic heterocycles. The van der Waals surface area contributed by atoms with Gasteiger partial charge in [-0.25, -0.2) is 0 Å². The molecule has 6 heteroatoms. The van der Waals surface area contributed by atoms with Crippen molar-refractivity contribution in [1.82, 2.24) is 5.32 Å². The summed E-state index contributed by atoms with van der Waals surface area (Å²) >= 11 is 0. The molecule has 2 aromatic rings. The topological polar surface area (TPSA) is 49.0 Å². The van der Waals surface area contributed by atoms with Crippen molar-refractivity contribution < 1.29 is 18.9 Å². The summed E-state index contributed by atoms with van der Waals surface area (Å²) in [6, 6.07) is 11.8. The molecule has 0 aromatic heterocycles. The standard InChI is InChI=1S/C19H25NO4.ClH/c1-21-16-8-6-5-7-14(16)9-10-20-13-15-11-18(23-3)19(24-4)12-17(15)22-2;/h5-8,11-12,20H,9-10,13H2,1-4H3;1H. The van der Waals surface area contributed by atoms with Crippen LogP contribution in [0.1, 0.15) is 11.1 Å². The van der Waals surface area contributed by atoms with E-state index >= 15 is 0 Å². The van der Waals surface area contributed by atoms with Gasteiger partial charge in [-0.3, -0.25) is 0 Å². The third-order valence-electron chi connectivity index (χ3n) is 3.87. The molecule has 0 heterocycles. The molecular weight excluding hydrogens is 342 g/mol. The highest BCUT2D eigenvalue weighted by Gasteiger charge is 2.11. The van der Waals surface area contributed by atoms with Crippen molar-refractivity contribution >= 4 is 12.4 Å². The van der Waals surface area contributed by atoms with Crippen LogP contribution in [-0.2, 0) is 13.0 Å². The van der Waals surface area contributed by atoms with Crippen molar-refractivity contribution in [3.05, 3.63) is 47.5 Å². The van der Waals surface area contributed by atoms with Gasteiger partial charge < -0.3 is 24.3 Å². The van der Waals surface area contributed by atoms with Gasteiger partial charge in [0, 0.05) is 18.2 Å². The first-order valence-electron chi connectivity index (χ1n) is 7.85. The summed E-state index contributed by atoms with van der Waals surface area (Å²) in [5.74, 6) is 3.05. The lowest BCUT2D eigenvalue weighted by atomic mass is 10.1. The third kappa shape index (κ3) is 5.44. The van der Waals surface area contributed by atoms with E-state index in [0.29, 0.717) is 18.0 Å². The van der Waals surface area contributed by atoms with Crippen LogP contribution in [0.2, 0.25) is 0 Å². The molecule has 0 spiro atoms. The predicted octanol–water partition coefficient (Wildman–Crippen LogP) is 3.48. The number of ether oxygens (including phenoxy) is 4. The van der Waals surface area contributed by atoms with Crippen molar-refractivity contribution in [2.75, 3.05) is 35.0 Å². The highest BCUT2D eigenvalue weighted by Crippen LogP contribution is 2.34. The molecule has 25 heavy (non-hydrogen) atoms. The van der Waals surface area contributed by atoms with Crippen LogP contribution in [0.4, 0.5) is 0 Å². The minimum absolute atomic E-state index is 0. The van der Waals surface area contributed by atoms with Gasteiger partial charge in [-0.2, -0.15) is 0 Å². The molecule has 0 aliphatic carbocycles. The van der Waals surface area contributed by atoms with Crippen LogP contribution in [0.25, 0.3) is 0 Å². The number of halogens is 1. The van der Waals surface area contributed by atoms with Gasteiger partial charge in [0.05, 0.1) is 28.4 Å². The van der Waals surface area contributed by atoms with Crippen LogP contribution in [-0.4, -0.2) is 35.0 Å². The highest BCUT2D eigenvalue weighted by molar-refractivity contribution is 5.85. The fraction of sp³-hybridized carbons (Fsp3) is 0.368. The van der Waals surface area contributed by atoms with Gasteiger partial charge in [0.1, 0.15) is 11.5 Å². The second-order valence-corrected chi connectivity index (χ2v) is 5.26. The van der Waals surface area contributed by atoms with Crippen LogP contribution in [0.3, 0.4) is 0 Å². The summed E-state index contributed by atoms with van der Waals surface area (Å²) in [5, 5.41) is 3.43. The van der Waals surface area contributed by atoms with E-state index in [1.807, 2.05) is 30.3 Å². The summed E-state index contributed by atoms with van der Waals surface area (Å²) in [5.41, 5.74) is 2.21. The second kappa shape index (κ2) is 10.7. The summed E-state index contributed by atoms with van der Waals surface area (Å²) < 4.78 is 21.5. The second-order valence-electron chi connectivity index (χ2n) is 5.26. The van der Waals surface area contributed by atoms with Gasteiger partial charge in [0.2, 0.25) is 0 Å². The molecule has 0 fully saturated rings. The lowest BCUT2D eigenvalue weighted by Crippen LogP contribution is -2.17. The minimum atomic E-state index is 0. The Morgan fingerprint density at radius 2 is 1.32 bits per heavy atom. The molecule has 1 N–H and O–H groups in total. The predicted molar refractivity (Wildman–Crippen MR) is 102 cm³/mol. The molecule has 0 bridgehead atoms. The van der Waals surface area contributed by atoms with E-state index < -0.39 is 0 Å². The van der Waals surface area contributed by atoms with Crippen molar-refractivity contribution in [1.29, 1.82) is 0 Å². The van der Waals surface area contributed by atoms with Gasteiger partial charge in [-0.15, -0.1) is 12.4 Å². The maximum atomic E-state index is 5.44. The van der Waals surface area contributed by atoms with E-state index in [2.05, 4.69) is 11.4 Å². The fourth-order valence-corrected chi connectivity index (χ4v) is 2.59. The Bertz CT molecular complexity index is 664. The minimum Gasteiger partial charge on any atom is -0.496 e. The number of para-hydroxylation sites is 1. The molecular formula is C19H26ClNO4. The number of methoxy groups -OCH3 is 4. The van der Waals surface area contributed by atoms with Gasteiger partial charge in [0.25, 0.3) is 0 Å². The van der Waals surface area contributed by atoms with Gasteiger partial charge in [-0.05, 0) is 30.7 Å². The first kappa shape index (κ1) is 20.9. The first-order valence-corrected chi connectivity index (χ1v) is 7.85. The Labute approximate surface area is 155 Å². The fourth-order valence-electron chi connectivity index (χ4n) is 2.59. The largest absolute Gasteiger partial charge is 0.496 e. The quantitative estimate of drug-likeness (QED) is 0.688. The van der Waals surface area contributed by atoms with E-state index in [-0.39, 0.29) is 12.4 Å². The molecule has 0 atom stereocenters. The average Bonchev–Trinajstić information content (AvgIpc) is 2.64.